The summed E-state index contributed by atoms with van der Waals surface area (Å²) in [7, 11) is 0. The SMILES string of the molecule is CC1(CN(CC2(C)COC2)[C@H]2CCC[C@@H]2Oc2ccc3c(c2)CN(C2CCC(=O)NC2=O)C3=O)COC1. The molecule has 4 aliphatic heterocycles. The zero-order valence-corrected chi connectivity index (χ0v) is 21.8. The number of benzene rings is 1. The van der Waals surface area contributed by atoms with Crippen molar-refractivity contribution >= 4 is 17.7 Å². The summed E-state index contributed by atoms with van der Waals surface area (Å²) in [6.07, 6.45) is 3.92. The Balaban J connectivity index is 1.16. The van der Waals surface area contributed by atoms with Crippen LogP contribution in [0.15, 0.2) is 18.2 Å². The second-order valence-corrected chi connectivity index (χ2v) is 12.4. The molecule has 9 heteroatoms. The number of rotatable bonds is 8. The van der Waals surface area contributed by atoms with Gasteiger partial charge < -0.3 is 19.1 Å². The van der Waals surface area contributed by atoms with Crippen LogP contribution in [0.2, 0.25) is 0 Å². The lowest BCUT2D eigenvalue weighted by molar-refractivity contribution is -0.151. The summed E-state index contributed by atoms with van der Waals surface area (Å²) in [4.78, 5) is 41.2. The molecule has 3 saturated heterocycles. The van der Waals surface area contributed by atoms with Gasteiger partial charge in [-0.2, -0.15) is 0 Å². The number of hydrogen-bond acceptors (Lipinski definition) is 7. The highest BCUT2D eigenvalue weighted by atomic mass is 16.5. The van der Waals surface area contributed by atoms with Gasteiger partial charge in [0, 0.05) is 48.5 Å². The topological polar surface area (TPSA) is 97.4 Å². The first-order chi connectivity index (χ1) is 17.7. The van der Waals surface area contributed by atoms with E-state index < -0.39 is 6.04 Å². The lowest BCUT2D eigenvalue weighted by Crippen LogP contribution is -2.58. The normalized spacial score (nSPS) is 30.1. The molecule has 6 rings (SSSR count). The van der Waals surface area contributed by atoms with Crippen molar-refractivity contribution in [3.05, 3.63) is 29.3 Å². The predicted octanol–water partition coefficient (Wildman–Crippen LogP) is 2.12. The van der Waals surface area contributed by atoms with E-state index in [9.17, 15) is 14.4 Å². The molecule has 3 atom stereocenters. The second kappa shape index (κ2) is 9.36. The van der Waals surface area contributed by atoms with Crippen LogP contribution >= 0.6 is 0 Å². The summed E-state index contributed by atoms with van der Waals surface area (Å²) < 4.78 is 17.7. The van der Waals surface area contributed by atoms with Gasteiger partial charge in [-0.05, 0) is 49.4 Å². The summed E-state index contributed by atoms with van der Waals surface area (Å²) in [5.74, 6) is -0.0596. The van der Waals surface area contributed by atoms with Crippen LogP contribution in [0.25, 0.3) is 0 Å². The third-order valence-corrected chi connectivity index (χ3v) is 8.64. The van der Waals surface area contributed by atoms with Gasteiger partial charge in [0.25, 0.3) is 5.91 Å². The monoisotopic (exact) mass is 511 g/mol. The first-order valence-corrected chi connectivity index (χ1v) is 13.6. The number of carbonyl (C=O) groups excluding carboxylic acids is 3. The number of ether oxygens (including phenoxy) is 3. The smallest absolute Gasteiger partial charge is 0.255 e. The van der Waals surface area contributed by atoms with Gasteiger partial charge in [0.1, 0.15) is 17.9 Å². The van der Waals surface area contributed by atoms with Crippen LogP contribution in [0.3, 0.4) is 0 Å². The number of nitrogens with zero attached hydrogens (tertiary/aromatic N) is 2. The zero-order valence-electron chi connectivity index (χ0n) is 21.8. The maximum absolute atomic E-state index is 13.0. The molecule has 5 aliphatic rings. The van der Waals surface area contributed by atoms with Gasteiger partial charge in [-0.1, -0.05) is 13.8 Å². The van der Waals surface area contributed by atoms with E-state index in [2.05, 4.69) is 24.1 Å². The molecule has 1 aromatic rings. The molecule has 1 saturated carbocycles. The van der Waals surface area contributed by atoms with E-state index >= 15 is 0 Å². The molecule has 9 nitrogen and oxygen atoms in total. The Hall–Kier alpha value is -2.49. The highest BCUT2D eigenvalue weighted by Gasteiger charge is 2.45. The summed E-state index contributed by atoms with van der Waals surface area (Å²) in [5.41, 5.74) is 1.84. The summed E-state index contributed by atoms with van der Waals surface area (Å²) in [5, 5.41) is 2.36. The lowest BCUT2D eigenvalue weighted by atomic mass is 9.83. The minimum absolute atomic E-state index is 0.0792. The van der Waals surface area contributed by atoms with E-state index in [0.717, 1.165) is 70.1 Å². The van der Waals surface area contributed by atoms with E-state index in [-0.39, 0.29) is 41.1 Å². The minimum Gasteiger partial charge on any atom is -0.489 e. The van der Waals surface area contributed by atoms with Crippen molar-refractivity contribution in [2.24, 2.45) is 10.8 Å². The second-order valence-electron chi connectivity index (χ2n) is 12.4. The summed E-state index contributed by atoms with van der Waals surface area (Å²) >= 11 is 0. The van der Waals surface area contributed by atoms with Crippen molar-refractivity contribution in [3.8, 4) is 5.75 Å². The molecule has 3 amide bonds. The van der Waals surface area contributed by atoms with Crippen molar-refractivity contribution in [1.82, 2.24) is 15.1 Å². The number of carbonyl (C=O) groups is 3. The Kier molecular flexibility index (Phi) is 6.28. The van der Waals surface area contributed by atoms with E-state index in [1.165, 1.54) is 0 Å². The van der Waals surface area contributed by atoms with Crippen LogP contribution in [-0.2, 0) is 25.6 Å². The molecule has 0 aromatic heterocycles. The van der Waals surface area contributed by atoms with Gasteiger partial charge in [0.05, 0.1) is 26.4 Å². The molecule has 4 heterocycles. The van der Waals surface area contributed by atoms with Crippen molar-refractivity contribution in [1.29, 1.82) is 0 Å². The molecular weight excluding hydrogens is 474 g/mol. The molecule has 37 heavy (non-hydrogen) atoms. The number of imide groups is 1. The van der Waals surface area contributed by atoms with E-state index in [1.54, 1.807) is 4.90 Å². The molecule has 0 bridgehead atoms. The number of amides is 3. The van der Waals surface area contributed by atoms with Crippen LogP contribution in [-0.4, -0.2) is 85.2 Å². The quantitative estimate of drug-likeness (QED) is 0.534. The van der Waals surface area contributed by atoms with Gasteiger partial charge in [0.15, 0.2) is 0 Å². The van der Waals surface area contributed by atoms with Gasteiger partial charge in [-0.15, -0.1) is 0 Å². The fraction of sp³-hybridized carbons (Fsp3) is 0.679. The van der Waals surface area contributed by atoms with Gasteiger partial charge in [0.2, 0.25) is 11.8 Å². The van der Waals surface area contributed by atoms with E-state index in [1.807, 2.05) is 18.2 Å². The molecular formula is C28H37N3O6. The molecule has 200 valence electrons. The molecule has 1 aromatic carbocycles. The number of fused-ring (bicyclic) bond motifs is 1. The first-order valence-electron chi connectivity index (χ1n) is 13.6. The molecule has 0 spiro atoms. The fourth-order valence-electron chi connectivity index (χ4n) is 6.62. The average molecular weight is 512 g/mol. The maximum atomic E-state index is 13.0. The third-order valence-electron chi connectivity index (χ3n) is 8.64. The molecule has 1 aliphatic carbocycles. The number of piperidine rings is 1. The zero-order chi connectivity index (χ0) is 25.8. The average Bonchev–Trinajstić information content (AvgIpc) is 3.41. The Morgan fingerprint density at radius 1 is 1.03 bits per heavy atom. The molecule has 4 fully saturated rings. The van der Waals surface area contributed by atoms with Crippen molar-refractivity contribution in [3.63, 3.8) is 0 Å². The van der Waals surface area contributed by atoms with Gasteiger partial charge in [-0.3, -0.25) is 24.6 Å². The maximum Gasteiger partial charge on any atom is 0.255 e. The summed E-state index contributed by atoms with van der Waals surface area (Å²) in [6.45, 7) is 10.2. The molecule has 1 N–H and O–H groups in total. The van der Waals surface area contributed by atoms with Crippen LogP contribution in [0.5, 0.6) is 5.75 Å². The van der Waals surface area contributed by atoms with Crippen LogP contribution in [0, 0.1) is 10.8 Å². The van der Waals surface area contributed by atoms with Crippen molar-refractivity contribution in [2.75, 3.05) is 39.5 Å². The summed E-state index contributed by atoms with van der Waals surface area (Å²) in [6, 6.07) is 5.38. The Morgan fingerprint density at radius 2 is 1.73 bits per heavy atom. The van der Waals surface area contributed by atoms with Gasteiger partial charge in [-0.25, -0.2) is 0 Å². The van der Waals surface area contributed by atoms with E-state index in [4.69, 9.17) is 14.2 Å². The predicted molar refractivity (Wildman–Crippen MR) is 134 cm³/mol. The number of hydrogen-bond donors (Lipinski definition) is 1. The molecule has 1 unspecified atom stereocenters. The minimum atomic E-state index is -0.608. The van der Waals surface area contributed by atoms with Crippen LogP contribution in [0.4, 0.5) is 0 Å². The molecule has 0 radical (unpaired) electrons. The fourth-order valence-corrected chi connectivity index (χ4v) is 6.62. The third kappa shape index (κ3) is 4.77. The lowest BCUT2D eigenvalue weighted by Gasteiger charge is -2.49. The Labute approximate surface area is 217 Å². The highest BCUT2D eigenvalue weighted by Crippen LogP contribution is 2.38. The Bertz CT molecular complexity index is 1080. The highest BCUT2D eigenvalue weighted by molar-refractivity contribution is 6.05. The first kappa shape index (κ1) is 24.8. The largest absolute Gasteiger partial charge is 0.489 e. The van der Waals surface area contributed by atoms with Crippen molar-refractivity contribution in [2.45, 2.75) is 70.7 Å². The van der Waals surface area contributed by atoms with Crippen LogP contribution in [0.1, 0.15) is 61.9 Å². The van der Waals surface area contributed by atoms with Crippen LogP contribution < -0.4 is 10.1 Å². The number of nitrogens with one attached hydrogen (secondary N) is 1. The standard InChI is InChI=1S/C28H37N3O6/c1-27(14-35-15-27)12-30(13-28(2)16-36-17-28)21-4-3-5-23(21)37-19-6-7-20-18(10-19)11-31(26(20)34)22-8-9-24(32)29-25(22)33/h6-7,10,21-23H,3-5,8-9,11-17H2,1-2H3,(H,29,32,33)/t21-,22?,23-/m0/s1. The van der Waals surface area contributed by atoms with Gasteiger partial charge >= 0.3 is 0 Å². The van der Waals surface area contributed by atoms with E-state index in [0.29, 0.717) is 24.6 Å². The Morgan fingerprint density at radius 3 is 2.35 bits per heavy atom. The van der Waals surface area contributed by atoms with Crippen molar-refractivity contribution < 1.29 is 28.6 Å².